The molecule has 90 valence electrons. The molecule has 5 heteroatoms. The van der Waals surface area contributed by atoms with Gasteiger partial charge in [-0.3, -0.25) is 9.67 Å². The number of nitrogens with one attached hydrogen (secondary N) is 1. The van der Waals surface area contributed by atoms with E-state index in [9.17, 15) is 5.11 Å². The third kappa shape index (κ3) is 2.16. The highest BCUT2D eigenvalue weighted by Gasteiger charge is 2.26. The lowest BCUT2D eigenvalue weighted by Crippen LogP contribution is -2.26. The second-order valence-corrected chi connectivity index (χ2v) is 4.95. The van der Waals surface area contributed by atoms with Crippen molar-refractivity contribution in [1.29, 1.82) is 0 Å². The molecule has 2 rings (SSSR count). The number of rotatable bonds is 3. The summed E-state index contributed by atoms with van der Waals surface area (Å²) in [7, 11) is 0. The maximum absolute atomic E-state index is 9.43. The number of aliphatic hydroxyl groups is 1. The first-order valence-corrected chi connectivity index (χ1v) is 5.81. The fraction of sp³-hybridized carbons (Fsp3) is 0.333. The molecule has 2 N–H and O–H groups in total. The van der Waals surface area contributed by atoms with Crippen LogP contribution >= 0.6 is 12.2 Å². The number of hydrogen-bond donors (Lipinski definition) is 2. The van der Waals surface area contributed by atoms with Crippen molar-refractivity contribution in [3.05, 3.63) is 40.9 Å². The van der Waals surface area contributed by atoms with Gasteiger partial charge in [0.1, 0.15) is 5.82 Å². The molecule has 0 unspecified atom stereocenters. The molecule has 0 aliphatic rings. The van der Waals surface area contributed by atoms with Gasteiger partial charge in [-0.1, -0.05) is 32.0 Å². The Morgan fingerprint density at radius 2 is 2.00 bits per heavy atom. The van der Waals surface area contributed by atoms with Crippen molar-refractivity contribution < 1.29 is 5.11 Å². The van der Waals surface area contributed by atoms with Crippen molar-refractivity contribution in [2.24, 2.45) is 0 Å². The second kappa shape index (κ2) is 4.43. The van der Waals surface area contributed by atoms with Crippen LogP contribution in [0.4, 0.5) is 0 Å². The smallest absolute Gasteiger partial charge is 0.199 e. The number of hydrogen-bond acceptors (Lipinski definition) is 3. The number of H-pyrrole nitrogens is 1. The largest absolute Gasteiger partial charge is 0.395 e. The van der Waals surface area contributed by atoms with Crippen LogP contribution in [0.5, 0.6) is 0 Å². The minimum absolute atomic E-state index is 0.0134. The van der Waals surface area contributed by atoms with E-state index in [1.54, 1.807) is 0 Å². The molecule has 1 heterocycles. The van der Waals surface area contributed by atoms with Crippen molar-refractivity contribution in [3.8, 4) is 5.69 Å². The van der Waals surface area contributed by atoms with Gasteiger partial charge >= 0.3 is 0 Å². The monoisotopic (exact) mass is 249 g/mol. The third-order valence-electron chi connectivity index (χ3n) is 2.69. The zero-order valence-corrected chi connectivity index (χ0v) is 10.7. The summed E-state index contributed by atoms with van der Waals surface area (Å²) in [5.74, 6) is 0.733. The Morgan fingerprint density at radius 3 is 2.59 bits per heavy atom. The number of benzene rings is 1. The lowest BCUT2D eigenvalue weighted by molar-refractivity contribution is 0.210. The first kappa shape index (κ1) is 12.0. The molecular formula is C12H15N3OS. The quantitative estimate of drug-likeness (QED) is 0.820. The van der Waals surface area contributed by atoms with Crippen molar-refractivity contribution in [3.63, 3.8) is 0 Å². The lowest BCUT2D eigenvalue weighted by atomic mass is 9.93. The van der Waals surface area contributed by atoms with Crippen LogP contribution in [0.15, 0.2) is 30.3 Å². The maximum atomic E-state index is 9.43. The zero-order chi connectivity index (χ0) is 12.5. The number of para-hydroxylation sites is 1. The van der Waals surface area contributed by atoms with Gasteiger partial charge in [0.25, 0.3) is 0 Å². The van der Waals surface area contributed by atoms with Crippen molar-refractivity contribution in [1.82, 2.24) is 14.8 Å². The summed E-state index contributed by atoms with van der Waals surface area (Å²) in [5, 5.41) is 16.4. The summed E-state index contributed by atoms with van der Waals surface area (Å²) in [6.07, 6.45) is 0. The molecule has 17 heavy (non-hydrogen) atoms. The average molecular weight is 249 g/mol. The van der Waals surface area contributed by atoms with E-state index in [0.29, 0.717) is 4.77 Å². The molecule has 0 amide bonds. The Labute approximate surface area is 105 Å². The molecular weight excluding hydrogens is 234 g/mol. The Hall–Kier alpha value is -1.46. The molecule has 0 bridgehead atoms. The number of aliphatic hydroxyl groups excluding tert-OH is 1. The van der Waals surface area contributed by atoms with Crippen molar-refractivity contribution in [2.45, 2.75) is 19.3 Å². The third-order valence-corrected chi connectivity index (χ3v) is 2.96. The summed E-state index contributed by atoms with van der Waals surface area (Å²) >= 11 is 5.23. The summed E-state index contributed by atoms with van der Waals surface area (Å²) in [5.41, 5.74) is 0.506. The Kier molecular flexibility index (Phi) is 3.13. The minimum Gasteiger partial charge on any atom is -0.395 e. The Morgan fingerprint density at radius 1 is 1.35 bits per heavy atom. The van der Waals surface area contributed by atoms with Crippen LogP contribution in [0, 0.1) is 4.77 Å². The molecule has 1 aromatic heterocycles. The van der Waals surface area contributed by atoms with E-state index in [0.717, 1.165) is 11.5 Å². The Bertz CT molecular complexity index is 557. The van der Waals surface area contributed by atoms with E-state index in [1.807, 2.05) is 48.7 Å². The number of nitrogens with zero attached hydrogens (tertiary/aromatic N) is 2. The fourth-order valence-electron chi connectivity index (χ4n) is 1.64. The highest BCUT2D eigenvalue weighted by molar-refractivity contribution is 7.71. The van der Waals surface area contributed by atoms with Gasteiger partial charge < -0.3 is 5.11 Å². The van der Waals surface area contributed by atoms with E-state index in [4.69, 9.17) is 12.2 Å². The van der Waals surface area contributed by atoms with Crippen LogP contribution in [0.2, 0.25) is 0 Å². The van der Waals surface area contributed by atoms with Crippen molar-refractivity contribution in [2.75, 3.05) is 6.61 Å². The molecule has 0 spiro atoms. The van der Waals surface area contributed by atoms with E-state index >= 15 is 0 Å². The molecule has 1 aromatic carbocycles. The number of aromatic nitrogens is 3. The van der Waals surface area contributed by atoms with E-state index in [1.165, 1.54) is 0 Å². The van der Waals surface area contributed by atoms with Gasteiger partial charge in [0.2, 0.25) is 0 Å². The zero-order valence-electron chi connectivity index (χ0n) is 9.84. The van der Waals surface area contributed by atoms with E-state index in [-0.39, 0.29) is 6.61 Å². The summed E-state index contributed by atoms with van der Waals surface area (Å²) < 4.78 is 2.39. The van der Waals surface area contributed by atoms with Gasteiger partial charge in [-0.05, 0) is 24.4 Å². The molecule has 0 atom stereocenters. The normalized spacial score (nSPS) is 11.7. The average Bonchev–Trinajstić information content (AvgIpc) is 2.73. The molecule has 0 radical (unpaired) electrons. The fourth-order valence-corrected chi connectivity index (χ4v) is 1.88. The molecule has 0 fully saturated rings. The first-order chi connectivity index (χ1) is 8.06. The standard InChI is InChI=1S/C12H15N3OS/c1-12(2,8-16)10-13-14-11(17)15(10)9-6-4-3-5-7-9/h3-7,16H,8H2,1-2H3,(H,14,17). The highest BCUT2D eigenvalue weighted by Crippen LogP contribution is 2.23. The predicted octanol–water partition coefficient (Wildman–Crippen LogP) is 2.20. The maximum Gasteiger partial charge on any atom is 0.199 e. The van der Waals surface area contributed by atoms with Gasteiger partial charge in [0.05, 0.1) is 6.61 Å². The van der Waals surface area contributed by atoms with Gasteiger partial charge in [0, 0.05) is 11.1 Å². The SMILES string of the molecule is CC(C)(CO)c1n[nH]c(=S)n1-c1ccccc1. The van der Waals surface area contributed by atoms with E-state index < -0.39 is 5.41 Å². The van der Waals surface area contributed by atoms with Gasteiger partial charge in [-0.15, -0.1) is 0 Å². The Balaban J connectivity index is 2.63. The van der Waals surface area contributed by atoms with Crippen LogP contribution < -0.4 is 0 Å². The topological polar surface area (TPSA) is 53.8 Å². The number of aromatic amines is 1. The second-order valence-electron chi connectivity index (χ2n) is 4.57. The van der Waals surface area contributed by atoms with Crippen LogP contribution in [0.1, 0.15) is 19.7 Å². The van der Waals surface area contributed by atoms with Crippen molar-refractivity contribution >= 4 is 12.2 Å². The molecule has 0 saturated carbocycles. The summed E-state index contributed by atoms with van der Waals surface area (Å²) in [6.45, 7) is 3.87. The predicted molar refractivity (Wildman–Crippen MR) is 68.9 cm³/mol. The molecule has 0 aliphatic heterocycles. The summed E-state index contributed by atoms with van der Waals surface area (Å²) in [4.78, 5) is 0. The lowest BCUT2D eigenvalue weighted by Gasteiger charge is -2.21. The van der Waals surface area contributed by atoms with Gasteiger partial charge in [-0.25, -0.2) is 0 Å². The summed E-state index contributed by atoms with van der Waals surface area (Å²) in [6, 6.07) is 9.76. The molecule has 4 nitrogen and oxygen atoms in total. The highest BCUT2D eigenvalue weighted by atomic mass is 32.1. The van der Waals surface area contributed by atoms with Gasteiger partial charge in [0.15, 0.2) is 4.77 Å². The molecule has 0 aliphatic carbocycles. The first-order valence-electron chi connectivity index (χ1n) is 5.40. The van der Waals surface area contributed by atoms with Gasteiger partial charge in [-0.2, -0.15) is 5.10 Å². The molecule has 2 aromatic rings. The van der Waals surface area contributed by atoms with Crippen LogP contribution in [-0.2, 0) is 5.41 Å². The van der Waals surface area contributed by atoms with Crippen LogP contribution in [0.3, 0.4) is 0 Å². The minimum atomic E-state index is -0.441. The van der Waals surface area contributed by atoms with E-state index in [2.05, 4.69) is 10.2 Å². The molecule has 0 saturated heterocycles. The van der Waals surface area contributed by atoms with Crippen LogP contribution in [-0.4, -0.2) is 26.5 Å². The van der Waals surface area contributed by atoms with Crippen LogP contribution in [0.25, 0.3) is 5.69 Å².